The first-order valence-electron chi connectivity index (χ1n) is 4.69. The van der Waals surface area contributed by atoms with Crippen molar-refractivity contribution in [1.82, 2.24) is 9.80 Å². The minimum absolute atomic E-state index is 0.275. The number of halogens is 1. The van der Waals surface area contributed by atoms with Crippen molar-refractivity contribution in [2.24, 2.45) is 0 Å². The van der Waals surface area contributed by atoms with Crippen molar-refractivity contribution >= 4 is 21.8 Å². The number of likely N-dealkylation sites (N-methyl/N-ethyl adjacent to an activating group) is 1. The summed E-state index contributed by atoms with van der Waals surface area (Å²) in [6.45, 7) is 4.98. The lowest BCUT2D eigenvalue weighted by Crippen LogP contribution is -2.52. The molecule has 1 saturated heterocycles. The third kappa shape index (κ3) is 2.95. The smallest absolute Gasteiger partial charge is 0.223 e. The third-order valence-electron chi connectivity index (χ3n) is 2.46. The molecule has 0 saturated carbocycles. The highest BCUT2D eigenvalue weighted by molar-refractivity contribution is 9.09. The number of hydrogen-bond donors (Lipinski definition) is 0. The van der Waals surface area contributed by atoms with Crippen molar-refractivity contribution < 1.29 is 4.79 Å². The van der Waals surface area contributed by atoms with E-state index in [9.17, 15) is 4.79 Å². The second-order valence-electron chi connectivity index (χ2n) is 3.64. The average Bonchev–Trinajstić information content (AvgIpc) is 2.04. The van der Waals surface area contributed by atoms with Crippen LogP contribution in [0.15, 0.2) is 0 Å². The van der Waals surface area contributed by atoms with Crippen molar-refractivity contribution in [3.63, 3.8) is 0 Å². The highest BCUT2D eigenvalue weighted by atomic mass is 79.9. The molecular weight excluding hydrogens is 232 g/mol. The highest BCUT2D eigenvalue weighted by Gasteiger charge is 2.24. The monoisotopic (exact) mass is 248 g/mol. The number of hydrogen-bond acceptors (Lipinski definition) is 2. The van der Waals surface area contributed by atoms with Gasteiger partial charge in [0.05, 0.1) is 0 Å². The van der Waals surface area contributed by atoms with Crippen LogP contribution in [0.25, 0.3) is 0 Å². The maximum atomic E-state index is 11.6. The van der Waals surface area contributed by atoms with Gasteiger partial charge in [-0.1, -0.05) is 15.9 Å². The Kier molecular flexibility index (Phi) is 4.19. The average molecular weight is 249 g/mol. The van der Waals surface area contributed by atoms with Crippen LogP contribution in [0.2, 0.25) is 0 Å². The summed E-state index contributed by atoms with van der Waals surface area (Å²) in [5.41, 5.74) is 0. The van der Waals surface area contributed by atoms with Crippen LogP contribution in [0.1, 0.15) is 13.3 Å². The zero-order chi connectivity index (χ0) is 9.84. The Bertz CT molecular complexity index is 186. The summed E-state index contributed by atoms with van der Waals surface area (Å²) in [5.74, 6) is 0.275. The van der Waals surface area contributed by atoms with Gasteiger partial charge in [-0.15, -0.1) is 0 Å². The molecule has 1 aliphatic heterocycles. The Morgan fingerprint density at radius 2 is 2.23 bits per heavy atom. The van der Waals surface area contributed by atoms with Gasteiger partial charge < -0.3 is 9.80 Å². The van der Waals surface area contributed by atoms with Gasteiger partial charge in [-0.2, -0.15) is 0 Å². The number of alkyl halides is 1. The molecule has 76 valence electrons. The van der Waals surface area contributed by atoms with Gasteiger partial charge in [0.25, 0.3) is 0 Å². The number of carbonyl (C=O) groups is 1. The third-order valence-corrected chi connectivity index (χ3v) is 2.86. The molecule has 1 aliphatic rings. The predicted molar refractivity (Wildman–Crippen MR) is 57.1 cm³/mol. The minimum atomic E-state index is 0.275. The lowest BCUT2D eigenvalue weighted by atomic mass is 10.2. The van der Waals surface area contributed by atoms with Gasteiger partial charge in [-0.3, -0.25) is 4.79 Å². The molecule has 1 heterocycles. The summed E-state index contributed by atoms with van der Waals surface area (Å²) in [6.07, 6.45) is 0.619. The summed E-state index contributed by atoms with van der Waals surface area (Å²) in [6, 6.07) is 0.366. The number of piperazine rings is 1. The fourth-order valence-corrected chi connectivity index (χ4v) is 2.07. The molecule has 1 amide bonds. The molecule has 0 aliphatic carbocycles. The van der Waals surface area contributed by atoms with E-state index in [0.29, 0.717) is 12.5 Å². The first kappa shape index (κ1) is 11.0. The van der Waals surface area contributed by atoms with Crippen molar-refractivity contribution in [2.75, 3.05) is 32.0 Å². The number of carbonyl (C=O) groups excluding carboxylic acids is 1. The van der Waals surface area contributed by atoms with Crippen molar-refractivity contribution in [1.29, 1.82) is 0 Å². The number of nitrogens with zero attached hydrogens (tertiary/aromatic N) is 2. The van der Waals surface area contributed by atoms with E-state index in [1.54, 1.807) is 0 Å². The van der Waals surface area contributed by atoms with E-state index < -0.39 is 0 Å². The zero-order valence-corrected chi connectivity index (χ0v) is 9.88. The molecule has 0 radical (unpaired) electrons. The summed E-state index contributed by atoms with van der Waals surface area (Å²) >= 11 is 3.29. The Balaban J connectivity index is 2.45. The SMILES string of the molecule is CC1CN(C)CCN1C(=O)CCBr. The van der Waals surface area contributed by atoms with E-state index in [2.05, 4.69) is 34.8 Å². The molecule has 0 spiro atoms. The van der Waals surface area contributed by atoms with E-state index in [0.717, 1.165) is 25.0 Å². The minimum Gasteiger partial charge on any atom is -0.337 e. The van der Waals surface area contributed by atoms with Crippen molar-refractivity contribution in [3.8, 4) is 0 Å². The summed E-state index contributed by atoms with van der Waals surface area (Å²) in [5, 5.41) is 0.769. The van der Waals surface area contributed by atoms with Crippen molar-refractivity contribution in [3.05, 3.63) is 0 Å². The van der Waals surface area contributed by atoms with Crippen LogP contribution in [0.3, 0.4) is 0 Å². The zero-order valence-electron chi connectivity index (χ0n) is 8.29. The van der Waals surface area contributed by atoms with Gasteiger partial charge in [0.1, 0.15) is 0 Å². The summed E-state index contributed by atoms with van der Waals surface area (Å²) in [7, 11) is 2.10. The van der Waals surface area contributed by atoms with Crippen LogP contribution in [0.4, 0.5) is 0 Å². The molecule has 13 heavy (non-hydrogen) atoms. The number of amides is 1. The molecule has 0 aromatic carbocycles. The molecule has 0 bridgehead atoms. The topological polar surface area (TPSA) is 23.6 Å². The molecule has 1 unspecified atom stereocenters. The van der Waals surface area contributed by atoms with Crippen LogP contribution >= 0.6 is 15.9 Å². The largest absolute Gasteiger partial charge is 0.337 e. The molecule has 0 aromatic heterocycles. The lowest BCUT2D eigenvalue weighted by Gasteiger charge is -2.38. The molecule has 3 nitrogen and oxygen atoms in total. The van der Waals surface area contributed by atoms with Gasteiger partial charge in [0, 0.05) is 37.4 Å². The maximum absolute atomic E-state index is 11.6. The standard InChI is InChI=1S/C9H17BrN2O/c1-8-7-11(2)5-6-12(8)9(13)3-4-10/h8H,3-7H2,1-2H3. The molecular formula is C9H17BrN2O. The first-order valence-corrected chi connectivity index (χ1v) is 5.81. The van der Waals surface area contributed by atoms with Crippen LogP contribution < -0.4 is 0 Å². The van der Waals surface area contributed by atoms with Gasteiger partial charge in [0.2, 0.25) is 5.91 Å². The lowest BCUT2D eigenvalue weighted by molar-refractivity contribution is -0.134. The van der Waals surface area contributed by atoms with Crippen LogP contribution in [-0.2, 0) is 4.79 Å². The first-order chi connectivity index (χ1) is 6.15. The van der Waals surface area contributed by atoms with E-state index in [1.807, 2.05) is 4.90 Å². The van der Waals surface area contributed by atoms with Gasteiger partial charge >= 0.3 is 0 Å². The van der Waals surface area contributed by atoms with Gasteiger partial charge in [-0.25, -0.2) is 0 Å². The van der Waals surface area contributed by atoms with Crippen molar-refractivity contribution in [2.45, 2.75) is 19.4 Å². The maximum Gasteiger partial charge on any atom is 0.223 e. The van der Waals surface area contributed by atoms with Crippen LogP contribution in [-0.4, -0.2) is 53.8 Å². The predicted octanol–water partition coefficient (Wildman–Crippen LogP) is 0.934. The van der Waals surface area contributed by atoms with Crippen LogP contribution in [0.5, 0.6) is 0 Å². The normalized spacial score (nSPS) is 24.8. The van der Waals surface area contributed by atoms with E-state index in [1.165, 1.54) is 0 Å². The molecule has 0 aromatic rings. The number of rotatable bonds is 2. The molecule has 4 heteroatoms. The second kappa shape index (κ2) is 4.96. The van der Waals surface area contributed by atoms with E-state index in [-0.39, 0.29) is 5.91 Å². The molecule has 0 N–H and O–H groups in total. The Labute approximate surface area is 88.2 Å². The second-order valence-corrected chi connectivity index (χ2v) is 4.43. The summed E-state index contributed by atoms with van der Waals surface area (Å²) in [4.78, 5) is 15.8. The molecule has 1 rings (SSSR count). The quantitative estimate of drug-likeness (QED) is 0.680. The van der Waals surface area contributed by atoms with Gasteiger partial charge in [0.15, 0.2) is 0 Å². The Hall–Kier alpha value is -0.0900. The van der Waals surface area contributed by atoms with E-state index in [4.69, 9.17) is 0 Å². The van der Waals surface area contributed by atoms with E-state index >= 15 is 0 Å². The molecule has 1 atom stereocenters. The Morgan fingerprint density at radius 3 is 2.77 bits per heavy atom. The Morgan fingerprint density at radius 1 is 1.54 bits per heavy atom. The highest BCUT2D eigenvalue weighted by Crippen LogP contribution is 2.09. The van der Waals surface area contributed by atoms with Gasteiger partial charge in [-0.05, 0) is 14.0 Å². The fourth-order valence-electron chi connectivity index (χ4n) is 1.73. The fraction of sp³-hybridized carbons (Fsp3) is 0.889. The summed E-state index contributed by atoms with van der Waals surface area (Å²) < 4.78 is 0. The molecule has 1 fully saturated rings. The van der Waals surface area contributed by atoms with Crippen LogP contribution in [0, 0.1) is 0 Å².